The molecule has 2 aromatic heterocycles. The number of nitrogens with zero attached hydrogens (tertiary/aromatic N) is 3. The van der Waals surface area contributed by atoms with Gasteiger partial charge in [0.2, 0.25) is 5.69 Å². The smallest absolute Gasteiger partial charge is 0.203 e. The number of hydrogen-bond acceptors (Lipinski definition) is 1. The van der Waals surface area contributed by atoms with Crippen LogP contribution in [0.15, 0.2) is 29.1 Å². The maximum absolute atomic E-state index is 6.81. The zero-order chi connectivity index (χ0) is 8.55. The van der Waals surface area contributed by atoms with Crippen molar-refractivity contribution in [3.8, 4) is 0 Å². The van der Waals surface area contributed by atoms with E-state index in [4.69, 9.17) is 6.57 Å². The fourth-order valence-electron chi connectivity index (χ4n) is 1.02. The van der Waals surface area contributed by atoms with Gasteiger partial charge in [0, 0.05) is 12.4 Å². The summed E-state index contributed by atoms with van der Waals surface area (Å²) >= 11 is 3.26. The molecule has 0 atom stereocenters. The Balaban J connectivity index is 2.77. The summed E-state index contributed by atoms with van der Waals surface area (Å²) in [6.45, 7) is 6.81. The first-order valence-electron chi connectivity index (χ1n) is 3.31. The summed E-state index contributed by atoms with van der Waals surface area (Å²) in [6.07, 6.45) is 3.57. The van der Waals surface area contributed by atoms with Crippen molar-refractivity contribution in [3.63, 3.8) is 0 Å². The van der Waals surface area contributed by atoms with E-state index >= 15 is 0 Å². The van der Waals surface area contributed by atoms with Gasteiger partial charge in [0.1, 0.15) is 10.3 Å². The Bertz CT molecular complexity index is 467. The lowest BCUT2D eigenvalue weighted by Crippen LogP contribution is -1.79. The first-order chi connectivity index (χ1) is 5.79. The number of halogens is 1. The third-order valence-electron chi connectivity index (χ3n) is 1.54. The molecule has 12 heavy (non-hydrogen) atoms. The van der Waals surface area contributed by atoms with Crippen LogP contribution in [-0.4, -0.2) is 9.38 Å². The van der Waals surface area contributed by atoms with E-state index in [1.165, 1.54) is 0 Å². The van der Waals surface area contributed by atoms with E-state index in [2.05, 4.69) is 25.8 Å². The number of fused-ring (bicyclic) bond motifs is 1. The standard InChI is InChI=1S/C8H4BrN3/c1-10-6-2-3-8-11-7(9)5-12(8)4-6/h2-5H. The van der Waals surface area contributed by atoms with E-state index in [9.17, 15) is 0 Å². The fraction of sp³-hybridized carbons (Fsp3) is 0. The topological polar surface area (TPSA) is 21.7 Å². The highest BCUT2D eigenvalue weighted by Crippen LogP contribution is 2.16. The van der Waals surface area contributed by atoms with Gasteiger partial charge in [-0.2, -0.15) is 0 Å². The van der Waals surface area contributed by atoms with Gasteiger partial charge in [-0.3, -0.25) is 0 Å². The normalized spacial score (nSPS) is 10.0. The molecule has 0 saturated carbocycles. The molecule has 0 radical (unpaired) electrons. The fourth-order valence-corrected chi connectivity index (χ4v) is 1.42. The molecule has 2 rings (SSSR count). The van der Waals surface area contributed by atoms with E-state index in [0.717, 1.165) is 10.3 Å². The van der Waals surface area contributed by atoms with Crippen molar-refractivity contribution in [2.24, 2.45) is 0 Å². The summed E-state index contributed by atoms with van der Waals surface area (Å²) < 4.78 is 2.60. The van der Waals surface area contributed by atoms with Gasteiger partial charge in [0.25, 0.3) is 0 Å². The monoisotopic (exact) mass is 221 g/mol. The summed E-state index contributed by atoms with van der Waals surface area (Å²) in [4.78, 5) is 7.48. The summed E-state index contributed by atoms with van der Waals surface area (Å²) in [6, 6.07) is 3.57. The van der Waals surface area contributed by atoms with Crippen LogP contribution in [0.3, 0.4) is 0 Å². The zero-order valence-corrected chi connectivity index (χ0v) is 7.62. The average molecular weight is 222 g/mol. The highest BCUT2D eigenvalue weighted by atomic mass is 79.9. The van der Waals surface area contributed by atoms with E-state index in [1.54, 1.807) is 12.3 Å². The van der Waals surface area contributed by atoms with Gasteiger partial charge in [-0.05, 0) is 22.0 Å². The maximum Gasteiger partial charge on any atom is 0.203 e. The summed E-state index contributed by atoms with van der Waals surface area (Å²) in [5.41, 5.74) is 1.46. The molecule has 3 nitrogen and oxygen atoms in total. The lowest BCUT2D eigenvalue weighted by molar-refractivity contribution is 1.19. The molecule has 0 aliphatic carbocycles. The third kappa shape index (κ3) is 1.08. The molecule has 58 valence electrons. The predicted molar refractivity (Wildman–Crippen MR) is 49.2 cm³/mol. The Morgan fingerprint density at radius 3 is 3.00 bits per heavy atom. The van der Waals surface area contributed by atoms with Gasteiger partial charge in [0.05, 0.1) is 6.57 Å². The molecule has 0 aromatic carbocycles. The Morgan fingerprint density at radius 1 is 1.42 bits per heavy atom. The minimum absolute atomic E-state index is 0.618. The average Bonchev–Trinajstić information content (AvgIpc) is 2.43. The van der Waals surface area contributed by atoms with Gasteiger partial charge in [0.15, 0.2) is 0 Å². The molecule has 0 spiro atoms. The van der Waals surface area contributed by atoms with Crippen molar-refractivity contribution >= 4 is 27.3 Å². The summed E-state index contributed by atoms with van der Waals surface area (Å²) in [5, 5.41) is 0. The van der Waals surface area contributed by atoms with Crippen LogP contribution < -0.4 is 0 Å². The molecule has 0 aliphatic heterocycles. The van der Waals surface area contributed by atoms with Crippen molar-refractivity contribution < 1.29 is 0 Å². The van der Waals surface area contributed by atoms with Gasteiger partial charge < -0.3 is 4.40 Å². The van der Waals surface area contributed by atoms with Crippen molar-refractivity contribution in [2.45, 2.75) is 0 Å². The predicted octanol–water partition coefficient (Wildman–Crippen LogP) is 2.65. The number of hydrogen-bond donors (Lipinski definition) is 0. The van der Waals surface area contributed by atoms with Crippen LogP contribution in [0.25, 0.3) is 10.5 Å². The second-order valence-corrected chi connectivity index (χ2v) is 3.14. The van der Waals surface area contributed by atoms with Gasteiger partial charge in [-0.1, -0.05) is 6.07 Å². The molecule has 0 N–H and O–H groups in total. The number of aromatic nitrogens is 2. The molecule has 0 fully saturated rings. The Hall–Kier alpha value is -1.34. The van der Waals surface area contributed by atoms with Crippen molar-refractivity contribution in [3.05, 3.63) is 40.5 Å². The first kappa shape index (κ1) is 7.32. The van der Waals surface area contributed by atoms with E-state index < -0.39 is 0 Å². The maximum atomic E-state index is 6.81. The van der Waals surface area contributed by atoms with Crippen LogP contribution in [-0.2, 0) is 0 Å². The van der Waals surface area contributed by atoms with Crippen LogP contribution in [0.1, 0.15) is 0 Å². The number of rotatable bonds is 0. The Labute approximate surface area is 77.6 Å². The highest BCUT2D eigenvalue weighted by molar-refractivity contribution is 9.10. The van der Waals surface area contributed by atoms with E-state index in [1.807, 2.05) is 16.7 Å². The van der Waals surface area contributed by atoms with E-state index in [0.29, 0.717) is 5.69 Å². The minimum Gasteiger partial charge on any atom is -0.316 e. The molecule has 4 heteroatoms. The molecule has 0 unspecified atom stereocenters. The van der Waals surface area contributed by atoms with Gasteiger partial charge in [-0.25, -0.2) is 9.83 Å². The number of imidazole rings is 1. The van der Waals surface area contributed by atoms with E-state index in [-0.39, 0.29) is 0 Å². The molecule has 0 amide bonds. The highest BCUT2D eigenvalue weighted by Gasteiger charge is 1.98. The quantitative estimate of drug-likeness (QED) is 0.628. The summed E-state index contributed by atoms with van der Waals surface area (Å²) in [7, 11) is 0. The van der Waals surface area contributed by atoms with Crippen LogP contribution in [0.2, 0.25) is 0 Å². The zero-order valence-electron chi connectivity index (χ0n) is 6.03. The number of pyridine rings is 1. The lowest BCUT2D eigenvalue weighted by Gasteiger charge is -1.91. The second-order valence-electron chi connectivity index (χ2n) is 2.33. The van der Waals surface area contributed by atoms with Crippen molar-refractivity contribution in [1.82, 2.24) is 9.38 Å². The summed E-state index contributed by atoms with van der Waals surface area (Å²) in [5.74, 6) is 0. The molecular weight excluding hydrogens is 218 g/mol. The van der Waals surface area contributed by atoms with Crippen LogP contribution >= 0.6 is 15.9 Å². The second kappa shape index (κ2) is 2.61. The SMILES string of the molecule is [C-]#[N+]c1ccc2nc(Br)cn2c1. The first-order valence-corrected chi connectivity index (χ1v) is 4.10. The lowest BCUT2D eigenvalue weighted by atomic mass is 10.4. The molecule has 2 heterocycles. The molecule has 0 saturated heterocycles. The Kier molecular flexibility index (Phi) is 1.59. The van der Waals surface area contributed by atoms with Crippen LogP contribution in [0.4, 0.5) is 5.69 Å². The molecule has 0 aliphatic rings. The third-order valence-corrected chi connectivity index (χ3v) is 1.92. The van der Waals surface area contributed by atoms with Crippen molar-refractivity contribution in [2.75, 3.05) is 0 Å². The largest absolute Gasteiger partial charge is 0.316 e. The molecule has 0 bridgehead atoms. The van der Waals surface area contributed by atoms with Gasteiger partial charge in [-0.15, -0.1) is 0 Å². The molecule has 2 aromatic rings. The van der Waals surface area contributed by atoms with Crippen LogP contribution in [0.5, 0.6) is 0 Å². The Morgan fingerprint density at radius 2 is 2.25 bits per heavy atom. The van der Waals surface area contributed by atoms with Crippen LogP contribution in [0, 0.1) is 6.57 Å². The molecular formula is C8H4BrN3. The van der Waals surface area contributed by atoms with Crippen molar-refractivity contribution in [1.29, 1.82) is 0 Å². The minimum atomic E-state index is 0.618. The van der Waals surface area contributed by atoms with Gasteiger partial charge >= 0.3 is 0 Å².